The summed E-state index contributed by atoms with van der Waals surface area (Å²) < 4.78 is 2.86. The fourth-order valence-electron chi connectivity index (χ4n) is 8.21. The number of imide groups is 1. The lowest BCUT2D eigenvalue weighted by molar-refractivity contribution is -0.139. The lowest BCUT2D eigenvalue weighted by atomic mass is 9.76. The number of carbonyl (C=O) groups excluding carboxylic acids is 9. The number of nitrogens with zero attached hydrogens (tertiary/aromatic N) is 2. The molecule has 1 saturated carbocycles. The fraction of sp³-hybridized carbons (Fsp3) is 0.519. The Hall–Kier alpha value is -6.54. The van der Waals surface area contributed by atoms with Gasteiger partial charge in [-0.1, -0.05) is 102 Å². The number of urea groups is 1. The summed E-state index contributed by atoms with van der Waals surface area (Å²) in [5.74, 6) is -2.49. The van der Waals surface area contributed by atoms with Gasteiger partial charge in [0.05, 0.1) is 18.1 Å². The maximum atomic E-state index is 13.8. The SMILES string of the molecule is CNC(C(=O)NC(C(=O)N(C)C/C=C(\C)C(=O)NSCc1ccc(C2(NC(=O)C(CCCNC(N)=O)NC(=O)CNC(=O)CCCCCN3C(=O)C=CC3=O)CC2)cc1)C(C)(C)C)C(C)(C)c1ccccc1. The van der Waals surface area contributed by atoms with E-state index >= 15 is 0 Å². The lowest BCUT2D eigenvalue weighted by Gasteiger charge is -2.38. The lowest BCUT2D eigenvalue weighted by Crippen LogP contribution is -2.60. The van der Waals surface area contributed by atoms with Crippen molar-refractivity contribution in [1.82, 2.24) is 46.4 Å². The van der Waals surface area contributed by atoms with Crippen LogP contribution in [-0.2, 0) is 55.1 Å². The van der Waals surface area contributed by atoms with Crippen molar-refractivity contribution in [1.29, 1.82) is 0 Å². The summed E-state index contributed by atoms with van der Waals surface area (Å²) in [4.78, 5) is 117. The third-order valence-electron chi connectivity index (χ3n) is 12.9. The molecule has 19 nitrogen and oxygen atoms in total. The van der Waals surface area contributed by atoms with Gasteiger partial charge in [0.25, 0.3) is 17.7 Å². The molecule has 72 heavy (non-hydrogen) atoms. The highest BCUT2D eigenvalue weighted by molar-refractivity contribution is 7.97. The Kier molecular flexibility index (Phi) is 21.6. The van der Waals surface area contributed by atoms with E-state index in [4.69, 9.17) is 5.73 Å². The molecular formula is C52H74N10O9S. The smallest absolute Gasteiger partial charge is 0.312 e. The molecule has 2 aliphatic rings. The van der Waals surface area contributed by atoms with Crippen LogP contribution in [0.5, 0.6) is 0 Å². The molecule has 4 rings (SSSR count). The van der Waals surface area contributed by atoms with Gasteiger partial charge >= 0.3 is 6.03 Å². The third kappa shape index (κ3) is 17.3. The topological polar surface area (TPSA) is 270 Å². The van der Waals surface area contributed by atoms with Crippen LogP contribution in [0.4, 0.5) is 4.79 Å². The van der Waals surface area contributed by atoms with Gasteiger partial charge in [0.1, 0.15) is 12.1 Å². The molecule has 0 aromatic heterocycles. The second kappa shape index (κ2) is 26.8. The third-order valence-corrected chi connectivity index (χ3v) is 13.7. The molecule has 2 aromatic rings. The fourth-order valence-corrected chi connectivity index (χ4v) is 8.93. The molecule has 3 unspecified atom stereocenters. The van der Waals surface area contributed by atoms with Crippen LogP contribution < -0.4 is 42.4 Å². The van der Waals surface area contributed by atoms with E-state index in [0.29, 0.717) is 49.9 Å². The van der Waals surface area contributed by atoms with Gasteiger partial charge in [-0.15, -0.1) is 0 Å². The van der Waals surface area contributed by atoms with Crippen molar-refractivity contribution in [3.05, 3.63) is 95.1 Å². The molecule has 0 spiro atoms. The number of primary amides is 1. The van der Waals surface area contributed by atoms with Crippen LogP contribution in [0, 0.1) is 5.41 Å². The van der Waals surface area contributed by atoms with E-state index in [-0.39, 0.29) is 74.5 Å². The molecular weight excluding hydrogens is 941 g/mol. The molecule has 3 atom stereocenters. The Morgan fingerprint density at radius 2 is 1.47 bits per heavy atom. The van der Waals surface area contributed by atoms with Crippen LogP contribution >= 0.6 is 11.9 Å². The van der Waals surface area contributed by atoms with Gasteiger partial charge in [0.15, 0.2) is 0 Å². The highest BCUT2D eigenvalue weighted by Gasteiger charge is 2.47. The Bertz CT molecular complexity index is 2310. The van der Waals surface area contributed by atoms with E-state index in [1.54, 1.807) is 27.1 Å². The van der Waals surface area contributed by atoms with E-state index in [0.717, 1.165) is 21.6 Å². The van der Waals surface area contributed by atoms with Gasteiger partial charge < -0.3 is 42.5 Å². The molecule has 0 saturated heterocycles. The number of rotatable bonds is 28. The van der Waals surface area contributed by atoms with Crippen LogP contribution in [0.25, 0.3) is 0 Å². The first kappa shape index (κ1) is 58.0. The van der Waals surface area contributed by atoms with Crippen molar-refractivity contribution in [2.24, 2.45) is 11.1 Å². The second-order valence-corrected chi connectivity index (χ2v) is 20.8. The van der Waals surface area contributed by atoms with E-state index in [1.165, 1.54) is 29.0 Å². The number of nitrogens with two attached hydrogens (primary N) is 1. The molecule has 1 aliphatic heterocycles. The summed E-state index contributed by atoms with van der Waals surface area (Å²) in [5, 5.41) is 17.0. The molecule has 1 heterocycles. The maximum absolute atomic E-state index is 13.8. The number of amides is 10. The largest absolute Gasteiger partial charge is 0.352 e. The van der Waals surface area contributed by atoms with Crippen LogP contribution in [0.1, 0.15) is 110 Å². The first-order valence-electron chi connectivity index (χ1n) is 24.4. The molecule has 0 bridgehead atoms. The Morgan fingerprint density at radius 3 is 2.07 bits per heavy atom. The van der Waals surface area contributed by atoms with Crippen molar-refractivity contribution >= 4 is 65.2 Å². The number of benzene rings is 2. The summed E-state index contributed by atoms with van der Waals surface area (Å²) in [5.41, 5.74) is 6.55. The van der Waals surface area contributed by atoms with Crippen molar-refractivity contribution in [2.75, 3.05) is 40.3 Å². The molecule has 2 aromatic carbocycles. The van der Waals surface area contributed by atoms with Crippen molar-refractivity contribution < 1.29 is 43.2 Å². The highest BCUT2D eigenvalue weighted by Crippen LogP contribution is 2.45. The number of hydrogen-bond acceptors (Lipinski definition) is 11. The molecule has 1 fully saturated rings. The molecule has 20 heteroatoms. The predicted octanol–water partition coefficient (Wildman–Crippen LogP) is 3.09. The number of likely N-dealkylation sites (N-methyl/N-ethyl adjacent to an activating group) is 2. The van der Waals surface area contributed by atoms with E-state index in [1.807, 2.05) is 89.2 Å². The summed E-state index contributed by atoms with van der Waals surface area (Å²) in [7, 11) is 3.37. The van der Waals surface area contributed by atoms with Crippen LogP contribution in [0.3, 0.4) is 0 Å². The van der Waals surface area contributed by atoms with Crippen molar-refractivity contribution in [3.8, 4) is 0 Å². The van der Waals surface area contributed by atoms with E-state index in [9.17, 15) is 43.2 Å². The minimum absolute atomic E-state index is 0.140. The van der Waals surface area contributed by atoms with Gasteiger partial charge in [0, 0.05) is 62.0 Å². The number of unbranched alkanes of at least 4 members (excludes halogenated alkanes) is 2. The summed E-state index contributed by atoms with van der Waals surface area (Å²) >= 11 is 1.21. The van der Waals surface area contributed by atoms with Gasteiger partial charge in [-0.25, -0.2) is 4.79 Å². The van der Waals surface area contributed by atoms with Crippen molar-refractivity contribution in [2.45, 2.75) is 128 Å². The van der Waals surface area contributed by atoms with Gasteiger partial charge in [-0.2, -0.15) is 0 Å². The van der Waals surface area contributed by atoms with Gasteiger partial charge in [-0.05, 0) is 86.5 Å². The summed E-state index contributed by atoms with van der Waals surface area (Å²) in [6, 6.07) is 14.3. The second-order valence-electron chi connectivity index (χ2n) is 20.0. The normalized spacial score (nSPS) is 15.4. The standard InChI is InChI=1S/C52H74N10O9S/c1-34(26-31-61(8)48(70)44(50(2,3)4)58-47(69)43(54-7)51(5,6)36-16-11-9-12-17-36)45(67)60-72-33-35-20-22-37(23-21-35)52(27-28-52)59-46(68)38(18-15-29-55-49(53)71)57-40(64)32-56-39(63)19-13-10-14-30-62-41(65)24-25-42(62)66/h9,11-12,16-17,20-26,38,43-44,54H,10,13-15,18-19,27-33H2,1-8H3,(H,56,63)(H,57,64)(H,58,69)(H,59,68)(H,60,67)(H3,53,55,71)/b34-26+. The Labute approximate surface area is 427 Å². The van der Waals surface area contributed by atoms with Crippen LogP contribution in [-0.4, -0.2) is 121 Å². The summed E-state index contributed by atoms with van der Waals surface area (Å²) in [6.07, 6.45) is 7.77. The Balaban J connectivity index is 1.24. The average molecular weight is 1020 g/mol. The van der Waals surface area contributed by atoms with Crippen LogP contribution in [0.2, 0.25) is 0 Å². The van der Waals surface area contributed by atoms with E-state index < -0.39 is 52.3 Å². The monoisotopic (exact) mass is 1010 g/mol. The highest BCUT2D eigenvalue weighted by atomic mass is 32.2. The van der Waals surface area contributed by atoms with Crippen LogP contribution in [0.15, 0.2) is 78.4 Å². The Morgan fingerprint density at radius 1 is 0.819 bits per heavy atom. The van der Waals surface area contributed by atoms with Gasteiger partial charge in [0.2, 0.25) is 29.5 Å². The molecule has 392 valence electrons. The molecule has 10 amide bonds. The molecule has 9 N–H and O–H groups in total. The zero-order valence-corrected chi connectivity index (χ0v) is 43.7. The van der Waals surface area contributed by atoms with Gasteiger partial charge in [-0.3, -0.25) is 48.0 Å². The minimum atomic E-state index is -0.965. The van der Waals surface area contributed by atoms with E-state index in [2.05, 4.69) is 36.6 Å². The maximum Gasteiger partial charge on any atom is 0.312 e. The quantitative estimate of drug-likeness (QED) is 0.0266. The number of nitrogens with one attached hydrogen (secondary N) is 7. The average Bonchev–Trinajstić information content (AvgIpc) is 4.05. The van der Waals surface area contributed by atoms with Crippen molar-refractivity contribution in [3.63, 3.8) is 0 Å². The molecule has 1 aliphatic carbocycles. The predicted molar refractivity (Wildman–Crippen MR) is 276 cm³/mol. The zero-order chi connectivity index (χ0) is 53.2. The minimum Gasteiger partial charge on any atom is -0.352 e. The molecule has 0 radical (unpaired) electrons. The summed E-state index contributed by atoms with van der Waals surface area (Å²) in [6.45, 7) is 11.6. The zero-order valence-electron chi connectivity index (χ0n) is 42.9. The first-order chi connectivity index (χ1) is 34.0. The number of hydrogen-bond donors (Lipinski definition) is 8. The first-order valence-corrected chi connectivity index (χ1v) is 25.4. The number of carbonyl (C=O) groups is 9.